The van der Waals surface area contributed by atoms with E-state index in [0.29, 0.717) is 40.3 Å². The van der Waals surface area contributed by atoms with Crippen molar-refractivity contribution < 1.29 is 28.3 Å². The standard InChI is InChI=1S/C21H23N3O6/c1-24(20(25)13-29-16-7-5-6-15(11-16)26-2)12-19-22-21(23-30-19)14-8-9-17(27-3)18(10-14)28-4/h5-11H,12-13H2,1-4H3. The minimum atomic E-state index is -0.233. The molecule has 9 heteroatoms. The smallest absolute Gasteiger partial charge is 0.260 e. The first-order valence-electron chi connectivity index (χ1n) is 9.10. The van der Waals surface area contributed by atoms with Gasteiger partial charge in [0.1, 0.15) is 11.5 Å². The average Bonchev–Trinajstić information content (AvgIpc) is 3.25. The van der Waals surface area contributed by atoms with Crippen molar-refractivity contribution in [2.75, 3.05) is 35.0 Å². The third-order valence-corrected chi connectivity index (χ3v) is 4.31. The Morgan fingerprint density at radius 1 is 1.00 bits per heavy atom. The van der Waals surface area contributed by atoms with Crippen molar-refractivity contribution in [1.82, 2.24) is 15.0 Å². The molecular formula is C21H23N3O6. The van der Waals surface area contributed by atoms with Crippen LogP contribution in [0.3, 0.4) is 0 Å². The number of rotatable bonds is 9. The number of carbonyl (C=O) groups excluding carboxylic acids is 1. The van der Waals surface area contributed by atoms with Crippen LogP contribution in [-0.2, 0) is 11.3 Å². The largest absolute Gasteiger partial charge is 0.497 e. The van der Waals surface area contributed by atoms with Gasteiger partial charge >= 0.3 is 0 Å². The van der Waals surface area contributed by atoms with Gasteiger partial charge in [0.2, 0.25) is 11.7 Å². The lowest BCUT2D eigenvalue weighted by atomic mass is 10.2. The zero-order valence-corrected chi connectivity index (χ0v) is 17.2. The third kappa shape index (κ3) is 4.99. The molecule has 1 aromatic heterocycles. The monoisotopic (exact) mass is 413 g/mol. The van der Waals surface area contributed by atoms with Gasteiger partial charge in [-0.25, -0.2) is 0 Å². The summed E-state index contributed by atoms with van der Waals surface area (Å²) in [6.45, 7) is 0.0287. The van der Waals surface area contributed by atoms with Crippen LogP contribution in [0.15, 0.2) is 47.0 Å². The molecular weight excluding hydrogens is 390 g/mol. The molecule has 0 saturated heterocycles. The summed E-state index contributed by atoms with van der Waals surface area (Å²) in [6, 6.07) is 12.4. The van der Waals surface area contributed by atoms with E-state index in [9.17, 15) is 4.79 Å². The van der Waals surface area contributed by atoms with Crippen LogP contribution in [-0.4, -0.2) is 55.9 Å². The molecule has 9 nitrogen and oxygen atoms in total. The molecule has 0 atom stereocenters. The van der Waals surface area contributed by atoms with Crippen LogP contribution in [0.2, 0.25) is 0 Å². The Balaban J connectivity index is 1.60. The van der Waals surface area contributed by atoms with E-state index in [1.54, 1.807) is 70.8 Å². The number of amides is 1. The van der Waals surface area contributed by atoms with Gasteiger partial charge in [0.15, 0.2) is 18.1 Å². The van der Waals surface area contributed by atoms with Gasteiger partial charge in [-0.15, -0.1) is 0 Å². The lowest BCUT2D eigenvalue weighted by molar-refractivity contribution is -0.132. The van der Waals surface area contributed by atoms with E-state index in [1.165, 1.54) is 4.90 Å². The summed E-state index contributed by atoms with van der Waals surface area (Å²) >= 11 is 0. The summed E-state index contributed by atoms with van der Waals surface area (Å²) in [7, 11) is 6.32. The van der Waals surface area contributed by atoms with Crippen LogP contribution in [0.5, 0.6) is 23.0 Å². The topological polar surface area (TPSA) is 96.2 Å². The molecule has 3 aromatic rings. The van der Waals surface area contributed by atoms with Crippen molar-refractivity contribution >= 4 is 5.91 Å². The van der Waals surface area contributed by atoms with Crippen molar-refractivity contribution in [3.05, 3.63) is 48.4 Å². The maximum Gasteiger partial charge on any atom is 0.260 e. The van der Waals surface area contributed by atoms with Gasteiger partial charge in [0, 0.05) is 18.7 Å². The SMILES string of the molecule is COc1cccc(OCC(=O)N(C)Cc2nc(-c3ccc(OC)c(OC)c3)no2)c1. The number of hydrogen-bond donors (Lipinski definition) is 0. The molecule has 1 amide bonds. The number of hydrogen-bond acceptors (Lipinski definition) is 8. The zero-order chi connectivity index (χ0) is 21.5. The number of ether oxygens (including phenoxy) is 4. The molecule has 0 unspecified atom stereocenters. The molecule has 0 bridgehead atoms. The second-order valence-electron chi connectivity index (χ2n) is 6.30. The van der Waals surface area contributed by atoms with Crippen LogP contribution >= 0.6 is 0 Å². The summed E-state index contributed by atoms with van der Waals surface area (Å²) < 4.78 is 26.5. The highest BCUT2D eigenvalue weighted by molar-refractivity contribution is 5.77. The second kappa shape index (κ2) is 9.64. The Morgan fingerprint density at radius 3 is 2.50 bits per heavy atom. The Hall–Kier alpha value is -3.75. The fraction of sp³-hybridized carbons (Fsp3) is 0.286. The van der Waals surface area contributed by atoms with Gasteiger partial charge < -0.3 is 28.4 Å². The number of carbonyl (C=O) groups is 1. The molecule has 0 aliphatic carbocycles. The number of nitrogens with zero attached hydrogens (tertiary/aromatic N) is 3. The highest BCUT2D eigenvalue weighted by Crippen LogP contribution is 2.31. The Labute approximate surface area is 174 Å². The van der Waals surface area contributed by atoms with Crippen LogP contribution in [0.4, 0.5) is 0 Å². The Morgan fingerprint density at radius 2 is 1.77 bits per heavy atom. The summed E-state index contributed by atoms with van der Waals surface area (Å²) in [6.07, 6.45) is 0. The molecule has 0 fully saturated rings. The Kier molecular flexibility index (Phi) is 6.74. The highest BCUT2D eigenvalue weighted by atomic mass is 16.5. The normalized spacial score (nSPS) is 10.4. The quantitative estimate of drug-likeness (QED) is 0.528. The first-order chi connectivity index (χ1) is 14.5. The van der Waals surface area contributed by atoms with Gasteiger partial charge in [0.05, 0.1) is 27.9 Å². The van der Waals surface area contributed by atoms with E-state index < -0.39 is 0 Å². The van der Waals surface area contributed by atoms with Crippen molar-refractivity contribution in [1.29, 1.82) is 0 Å². The van der Waals surface area contributed by atoms with E-state index in [0.717, 1.165) is 0 Å². The maximum absolute atomic E-state index is 12.4. The summed E-state index contributed by atoms with van der Waals surface area (Å²) in [5, 5.41) is 3.98. The number of likely N-dealkylation sites (N-methyl/N-ethyl adjacent to an activating group) is 1. The van der Waals surface area contributed by atoms with Crippen molar-refractivity contribution in [3.8, 4) is 34.4 Å². The van der Waals surface area contributed by atoms with Crippen LogP contribution in [0.25, 0.3) is 11.4 Å². The van der Waals surface area contributed by atoms with E-state index in [4.69, 9.17) is 23.5 Å². The first kappa shape index (κ1) is 21.0. The number of benzene rings is 2. The fourth-order valence-electron chi connectivity index (χ4n) is 2.65. The van der Waals surface area contributed by atoms with Crippen molar-refractivity contribution in [2.24, 2.45) is 0 Å². The summed E-state index contributed by atoms with van der Waals surface area (Å²) in [4.78, 5) is 18.2. The zero-order valence-electron chi connectivity index (χ0n) is 17.2. The lowest BCUT2D eigenvalue weighted by Crippen LogP contribution is -2.31. The van der Waals surface area contributed by atoms with Gasteiger partial charge in [-0.1, -0.05) is 11.2 Å². The fourth-order valence-corrected chi connectivity index (χ4v) is 2.65. The number of methoxy groups -OCH3 is 3. The van der Waals surface area contributed by atoms with E-state index in [1.807, 2.05) is 0 Å². The Bertz CT molecular complexity index is 1000. The highest BCUT2D eigenvalue weighted by Gasteiger charge is 2.16. The summed E-state index contributed by atoms with van der Waals surface area (Å²) in [5.74, 6) is 2.82. The summed E-state index contributed by atoms with van der Waals surface area (Å²) in [5.41, 5.74) is 0.706. The first-order valence-corrected chi connectivity index (χ1v) is 9.10. The molecule has 1 heterocycles. The van der Waals surface area contributed by atoms with Gasteiger partial charge in [-0.2, -0.15) is 4.98 Å². The minimum Gasteiger partial charge on any atom is -0.497 e. The van der Waals surface area contributed by atoms with Gasteiger partial charge in [0.25, 0.3) is 5.91 Å². The van der Waals surface area contributed by atoms with Gasteiger partial charge in [-0.05, 0) is 30.3 Å². The van der Waals surface area contributed by atoms with E-state index in [-0.39, 0.29) is 19.1 Å². The molecule has 30 heavy (non-hydrogen) atoms. The van der Waals surface area contributed by atoms with Gasteiger partial charge in [-0.3, -0.25) is 4.79 Å². The molecule has 2 aromatic carbocycles. The van der Waals surface area contributed by atoms with Crippen molar-refractivity contribution in [2.45, 2.75) is 6.54 Å². The average molecular weight is 413 g/mol. The molecule has 0 N–H and O–H groups in total. The minimum absolute atomic E-state index is 0.125. The molecule has 0 aliphatic heterocycles. The number of aromatic nitrogens is 2. The lowest BCUT2D eigenvalue weighted by Gasteiger charge is -2.15. The molecule has 3 rings (SSSR count). The molecule has 0 radical (unpaired) electrons. The van der Waals surface area contributed by atoms with Crippen LogP contribution in [0.1, 0.15) is 5.89 Å². The van der Waals surface area contributed by atoms with Crippen molar-refractivity contribution in [3.63, 3.8) is 0 Å². The second-order valence-corrected chi connectivity index (χ2v) is 6.30. The van der Waals surface area contributed by atoms with E-state index in [2.05, 4.69) is 10.1 Å². The molecule has 0 aliphatic rings. The molecule has 0 saturated carbocycles. The predicted molar refractivity (Wildman–Crippen MR) is 108 cm³/mol. The molecule has 158 valence electrons. The third-order valence-electron chi connectivity index (χ3n) is 4.31. The van der Waals surface area contributed by atoms with Crippen LogP contribution < -0.4 is 18.9 Å². The van der Waals surface area contributed by atoms with E-state index >= 15 is 0 Å². The van der Waals surface area contributed by atoms with Crippen LogP contribution in [0, 0.1) is 0 Å². The predicted octanol–water partition coefficient (Wildman–Crippen LogP) is 2.80. The maximum atomic E-state index is 12.4. The molecule has 0 spiro atoms.